The maximum Gasteiger partial charge on any atom is 0.306 e. The summed E-state index contributed by atoms with van der Waals surface area (Å²) in [6.07, 6.45) is 1.82. The van der Waals surface area contributed by atoms with E-state index in [2.05, 4.69) is 0 Å². The van der Waals surface area contributed by atoms with Gasteiger partial charge in [-0.3, -0.25) is 4.79 Å². The van der Waals surface area contributed by atoms with Crippen molar-refractivity contribution in [3.8, 4) is 0 Å². The van der Waals surface area contributed by atoms with Crippen LogP contribution in [0.1, 0.15) is 26.2 Å². The molecule has 0 aliphatic heterocycles. The van der Waals surface area contributed by atoms with E-state index in [9.17, 15) is 4.79 Å². The number of methoxy groups -OCH3 is 1. The molecule has 4 atom stereocenters. The van der Waals surface area contributed by atoms with Gasteiger partial charge in [0.25, 0.3) is 0 Å². The second kappa shape index (κ2) is 6.18. The Hall–Kier alpha value is -0.650. The van der Waals surface area contributed by atoms with E-state index in [0.717, 1.165) is 6.42 Å². The first kappa shape index (κ1) is 13.4. The molecule has 0 heterocycles. The van der Waals surface area contributed by atoms with Gasteiger partial charge in [-0.1, -0.05) is 0 Å². The highest BCUT2D eigenvalue weighted by molar-refractivity contribution is 5.70. The summed E-state index contributed by atoms with van der Waals surface area (Å²) in [4.78, 5) is 11.0. The number of carboxylic acid groups (broad SMARTS) is 1. The van der Waals surface area contributed by atoms with Crippen LogP contribution in [-0.4, -0.2) is 43.0 Å². The number of hydrogen-bond donors (Lipinski definition) is 2. The average Bonchev–Trinajstić information content (AvgIpc) is 2.25. The van der Waals surface area contributed by atoms with Crippen molar-refractivity contribution in [3.63, 3.8) is 0 Å². The van der Waals surface area contributed by atoms with Crippen LogP contribution in [0.25, 0.3) is 0 Å². The first-order valence-electron chi connectivity index (χ1n) is 5.65. The summed E-state index contributed by atoms with van der Waals surface area (Å²) in [7, 11) is 1.61. The van der Waals surface area contributed by atoms with Crippen molar-refractivity contribution < 1.29 is 19.4 Å². The molecule has 0 aromatic carbocycles. The largest absolute Gasteiger partial charge is 0.481 e. The van der Waals surface area contributed by atoms with Crippen LogP contribution >= 0.6 is 0 Å². The molecule has 1 aliphatic rings. The Morgan fingerprint density at radius 1 is 1.44 bits per heavy atom. The predicted molar refractivity (Wildman–Crippen MR) is 59.2 cm³/mol. The van der Waals surface area contributed by atoms with Crippen LogP contribution in [0.5, 0.6) is 0 Å². The number of carbonyl (C=O) groups is 1. The van der Waals surface area contributed by atoms with Crippen LogP contribution in [0.15, 0.2) is 0 Å². The van der Waals surface area contributed by atoms with E-state index in [0.29, 0.717) is 19.4 Å². The Bertz CT molecular complexity index is 232. The zero-order valence-corrected chi connectivity index (χ0v) is 9.89. The topological polar surface area (TPSA) is 81.8 Å². The summed E-state index contributed by atoms with van der Waals surface area (Å²) >= 11 is 0. The molecule has 0 saturated heterocycles. The molecule has 0 amide bonds. The third kappa shape index (κ3) is 4.08. The quantitative estimate of drug-likeness (QED) is 0.724. The molecule has 1 aliphatic carbocycles. The molecule has 1 fully saturated rings. The average molecular weight is 231 g/mol. The highest BCUT2D eigenvalue weighted by Gasteiger charge is 2.33. The van der Waals surface area contributed by atoms with E-state index in [1.54, 1.807) is 7.11 Å². The molecule has 0 aromatic rings. The van der Waals surface area contributed by atoms with Gasteiger partial charge in [0.15, 0.2) is 0 Å². The molecule has 4 unspecified atom stereocenters. The second-order valence-corrected chi connectivity index (χ2v) is 4.53. The van der Waals surface area contributed by atoms with Crippen LogP contribution in [0.2, 0.25) is 0 Å². The van der Waals surface area contributed by atoms with Crippen LogP contribution < -0.4 is 5.73 Å². The van der Waals surface area contributed by atoms with Gasteiger partial charge in [0.1, 0.15) is 0 Å². The Kier molecular flexibility index (Phi) is 5.18. The molecule has 0 spiro atoms. The fraction of sp³-hybridized carbons (Fsp3) is 0.909. The normalized spacial score (nSPS) is 32.3. The summed E-state index contributed by atoms with van der Waals surface area (Å²) in [6.45, 7) is 2.33. The first-order chi connectivity index (χ1) is 7.52. The lowest BCUT2D eigenvalue weighted by Crippen LogP contribution is -2.37. The number of carboxylic acids is 1. The first-order valence-corrected chi connectivity index (χ1v) is 5.65. The number of nitrogens with two attached hydrogens (primary N) is 1. The molecule has 5 heteroatoms. The van der Waals surface area contributed by atoms with Gasteiger partial charge in [-0.2, -0.15) is 0 Å². The standard InChI is InChI=1S/C11H21NO4/c1-7(12)6-16-10-4-8(11(13)14)3-9(5-10)15-2/h7-10H,3-6,12H2,1-2H3,(H,13,14). The van der Waals surface area contributed by atoms with E-state index >= 15 is 0 Å². The Balaban J connectivity index is 2.47. The molecular formula is C11H21NO4. The highest BCUT2D eigenvalue weighted by atomic mass is 16.5. The van der Waals surface area contributed by atoms with Gasteiger partial charge in [0.05, 0.1) is 24.7 Å². The SMILES string of the molecule is COC1CC(OCC(C)N)CC(C(=O)O)C1. The van der Waals surface area contributed by atoms with Crippen LogP contribution in [0, 0.1) is 5.92 Å². The molecule has 0 bridgehead atoms. The van der Waals surface area contributed by atoms with Gasteiger partial charge >= 0.3 is 5.97 Å². The zero-order chi connectivity index (χ0) is 12.1. The summed E-state index contributed by atoms with van der Waals surface area (Å²) in [6, 6.07) is -0.0220. The molecular weight excluding hydrogens is 210 g/mol. The molecule has 0 radical (unpaired) electrons. The fourth-order valence-corrected chi connectivity index (χ4v) is 2.03. The van der Waals surface area contributed by atoms with E-state index in [1.807, 2.05) is 6.92 Å². The van der Waals surface area contributed by atoms with Crippen molar-refractivity contribution in [1.82, 2.24) is 0 Å². The van der Waals surface area contributed by atoms with E-state index in [-0.39, 0.29) is 24.2 Å². The molecule has 1 rings (SSSR count). The molecule has 16 heavy (non-hydrogen) atoms. The van der Waals surface area contributed by atoms with Gasteiger partial charge in [0, 0.05) is 13.2 Å². The summed E-state index contributed by atoms with van der Waals surface area (Å²) < 4.78 is 10.8. The lowest BCUT2D eigenvalue weighted by Gasteiger charge is -2.32. The van der Waals surface area contributed by atoms with E-state index in [4.69, 9.17) is 20.3 Å². The minimum Gasteiger partial charge on any atom is -0.481 e. The molecule has 0 aromatic heterocycles. The number of hydrogen-bond acceptors (Lipinski definition) is 4. The van der Waals surface area contributed by atoms with Crippen LogP contribution in [0.3, 0.4) is 0 Å². The van der Waals surface area contributed by atoms with Crippen molar-refractivity contribution in [2.75, 3.05) is 13.7 Å². The van der Waals surface area contributed by atoms with Gasteiger partial charge in [-0.25, -0.2) is 0 Å². The zero-order valence-electron chi connectivity index (χ0n) is 9.89. The van der Waals surface area contributed by atoms with E-state index in [1.165, 1.54) is 0 Å². The van der Waals surface area contributed by atoms with Crippen molar-refractivity contribution >= 4 is 5.97 Å². The van der Waals surface area contributed by atoms with Crippen LogP contribution in [0.4, 0.5) is 0 Å². The Labute approximate surface area is 95.9 Å². The maximum absolute atomic E-state index is 11.0. The Morgan fingerprint density at radius 2 is 2.06 bits per heavy atom. The van der Waals surface area contributed by atoms with Crippen molar-refractivity contribution in [1.29, 1.82) is 0 Å². The smallest absolute Gasteiger partial charge is 0.306 e. The third-order valence-electron chi connectivity index (χ3n) is 2.90. The van der Waals surface area contributed by atoms with Crippen molar-refractivity contribution in [2.45, 2.75) is 44.4 Å². The van der Waals surface area contributed by atoms with Gasteiger partial charge in [-0.05, 0) is 26.2 Å². The number of aliphatic carboxylic acids is 1. The minimum atomic E-state index is -0.767. The minimum absolute atomic E-state index is 0.0204. The van der Waals surface area contributed by atoms with Crippen LogP contribution in [-0.2, 0) is 14.3 Å². The highest BCUT2D eigenvalue weighted by Crippen LogP contribution is 2.28. The van der Waals surface area contributed by atoms with Crippen molar-refractivity contribution in [2.24, 2.45) is 11.7 Å². The second-order valence-electron chi connectivity index (χ2n) is 4.53. The molecule has 1 saturated carbocycles. The fourth-order valence-electron chi connectivity index (χ4n) is 2.03. The Morgan fingerprint density at radius 3 is 2.56 bits per heavy atom. The molecule has 94 valence electrons. The van der Waals surface area contributed by atoms with Gasteiger partial charge in [0.2, 0.25) is 0 Å². The van der Waals surface area contributed by atoms with Gasteiger partial charge in [-0.15, -0.1) is 0 Å². The van der Waals surface area contributed by atoms with E-state index < -0.39 is 5.97 Å². The molecule has 3 N–H and O–H groups in total. The maximum atomic E-state index is 11.0. The lowest BCUT2D eigenvalue weighted by molar-refractivity contribution is -0.148. The molecule has 5 nitrogen and oxygen atoms in total. The monoisotopic (exact) mass is 231 g/mol. The number of rotatable bonds is 5. The third-order valence-corrected chi connectivity index (χ3v) is 2.90. The number of ether oxygens (including phenoxy) is 2. The summed E-state index contributed by atoms with van der Waals surface area (Å²) in [5, 5.41) is 9.01. The van der Waals surface area contributed by atoms with Crippen molar-refractivity contribution in [3.05, 3.63) is 0 Å². The van der Waals surface area contributed by atoms with Gasteiger partial charge < -0.3 is 20.3 Å². The predicted octanol–water partition coefficient (Wildman–Crippen LogP) is 0.619. The summed E-state index contributed by atoms with van der Waals surface area (Å²) in [5.41, 5.74) is 5.60. The lowest BCUT2D eigenvalue weighted by atomic mass is 9.85. The summed E-state index contributed by atoms with van der Waals surface area (Å²) in [5.74, 6) is -1.13.